The number of thiazole rings is 1. The lowest BCUT2D eigenvalue weighted by molar-refractivity contribution is 0.756. The molecule has 2 N–H and O–H groups in total. The van der Waals surface area contributed by atoms with Crippen molar-refractivity contribution in [2.75, 3.05) is 11.4 Å². The fraction of sp³-hybridized carbons (Fsp3) is 0.312. The Morgan fingerprint density at radius 2 is 2.14 bits per heavy atom. The van der Waals surface area contributed by atoms with E-state index in [1.807, 2.05) is 0 Å². The number of hydrogen-bond donors (Lipinski definition) is 1. The average molecular weight is 298 g/mol. The van der Waals surface area contributed by atoms with Crippen molar-refractivity contribution < 1.29 is 0 Å². The first-order valence-electron chi connectivity index (χ1n) is 7.38. The van der Waals surface area contributed by atoms with Crippen LogP contribution in [0.5, 0.6) is 0 Å². The number of benzene rings is 1. The van der Waals surface area contributed by atoms with Gasteiger partial charge in [0, 0.05) is 30.4 Å². The Hall–Kier alpha value is -1.85. The second kappa shape index (κ2) is 5.16. The molecule has 0 amide bonds. The molecule has 0 saturated carbocycles. The lowest BCUT2D eigenvalue weighted by atomic mass is 10.1. The molecule has 0 spiro atoms. The summed E-state index contributed by atoms with van der Waals surface area (Å²) < 4.78 is 2.12. The van der Waals surface area contributed by atoms with Gasteiger partial charge in [0.05, 0.1) is 5.69 Å². The van der Waals surface area contributed by atoms with E-state index >= 15 is 0 Å². The molecule has 0 bridgehead atoms. The van der Waals surface area contributed by atoms with E-state index in [0.717, 1.165) is 29.4 Å². The van der Waals surface area contributed by atoms with Crippen molar-refractivity contribution in [1.82, 2.24) is 9.38 Å². The fourth-order valence-corrected chi connectivity index (χ4v) is 3.87. The summed E-state index contributed by atoms with van der Waals surface area (Å²) in [6, 6.07) is 8.66. The van der Waals surface area contributed by atoms with E-state index in [2.05, 4.69) is 45.1 Å². The van der Waals surface area contributed by atoms with E-state index in [0.29, 0.717) is 6.54 Å². The maximum Gasteiger partial charge on any atom is 0.195 e. The predicted molar refractivity (Wildman–Crippen MR) is 87.3 cm³/mol. The third-order valence-corrected chi connectivity index (χ3v) is 4.91. The van der Waals surface area contributed by atoms with Gasteiger partial charge in [-0.1, -0.05) is 18.2 Å². The SMILES string of the molecule is NCc1c(N2CCCCc3ccccc32)nc2sccn12. The first-order chi connectivity index (χ1) is 10.4. The summed E-state index contributed by atoms with van der Waals surface area (Å²) in [4.78, 5) is 8.21. The predicted octanol–water partition coefficient (Wildman–Crippen LogP) is 3.33. The standard InChI is InChI=1S/C16H18N4S/c17-11-14-15(18-16-20(14)9-10-21-16)19-8-4-3-6-12-5-1-2-7-13(12)19/h1-2,5,7,9-10H,3-4,6,8,11,17H2. The van der Waals surface area contributed by atoms with E-state index in [1.165, 1.54) is 24.1 Å². The van der Waals surface area contributed by atoms with Gasteiger partial charge in [0.2, 0.25) is 0 Å². The van der Waals surface area contributed by atoms with Crippen LogP contribution in [0.15, 0.2) is 35.8 Å². The fourth-order valence-electron chi connectivity index (χ4n) is 3.14. The van der Waals surface area contributed by atoms with Gasteiger partial charge >= 0.3 is 0 Å². The van der Waals surface area contributed by atoms with Crippen molar-refractivity contribution >= 4 is 27.8 Å². The molecule has 4 nitrogen and oxygen atoms in total. The van der Waals surface area contributed by atoms with E-state index in [-0.39, 0.29) is 0 Å². The van der Waals surface area contributed by atoms with Gasteiger partial charge in [0.1, 0.15) is 0 Å². The van der Waals surface area contributed by atoms with Crippen molar-refractivity contribution in [2.24, 2.45) is 5.73 Å². The van der Waals surface area contributed by atoms with Gasteiger partial charge in [-0.25, -0.2) is 4.98 Å². The number of fused-ring (bicyclic) bond motifs is 2. The van der Waals surface area contributed by atoms with Crippen LogP contribution in [-0.2, 0) is 13.0 Å². The normalized spacial score (nSPS) is 15.2. The Morgan fingerprint density at radius 1 is 1.24 bits per heavy atom. The third-order valence-electron chi connectivity index (χ3n) is 4.15. The highest BCUT2D eigenvalue weighted by Crippen LogP contribution is 2.35. The molecule has 0 saturated heterocycles. The molecule has 5 heteroatoms. The zero-order valence-corrected chi connectivity index (χ0v) is 12.6. The smallest absolute Gasteiger partial charge is 0.195 e. The summed E-state index contributed by atoms with van der Waals surface area (Å²) in [5, 5.41) is 2.06. The number of anilines is 2. The monoisotopic (exact) mass is 298 g/mol. The molecule has 1 aliphatic rings. The van der Waals surface area contributed by atoms with E-state index < -0.39 is 0 Å². The number of hydrogen-bond acceptors (Lipinski definition) is 4. The Labute approximate surface area is 127 Å². The van der Waals surface area contributed by atoms with Crippen molar-refractivity contribution in [2.45, 2.75) is 25.8 Å². The van der Waals surface area contributed by atoms with Crippen LogP contribution >= 0.6 is 11.3 Å². The number of aromatic nitrogens is 2. The number of aryl methyl sites for hydroxylation is 1. The van der Waals surface area contributed by atoms with E-state index in [9.17, 15) is 0 Å². The highest BCUT2D eigenvalue weighted by atomic mass is 32.1. The van der Waals surface area contributed by atoms with Crippen molar-refractivity contribution in [3.8, 4) is 0 Å². The molecule has 3 aromatic rings. The van der Waals surface area contributed by atoms with Gasteiger partial charge in [0.15, 0.2) is 10.8 Å². The van der Waals surface area contributed by atoms with Crippen LogP contribution in [0.4, 0.5) is 11.5 Å². The second-order valence-electron chi connectivity index (χ2n) is 5.38. The molecular weight excluding hydrogens is 280 g/mol. The molecule has 4 rings (SSSR count). The highest BCUT2D eigenvalue weighted by Gasteiger charge is 2.22. The minimum Gasteiger partial charge on any atom is -0.325 e. The maximum absolute atomic E-state index is 6.00. The van der Waals surface area contributed by atoms with Gasteiger partial charge in [-0.15, -0.1) is 11.3 Å². The summed E-state index contributed by atoms with van der Waals surface area (Å²) in [7, 11) is 0. The van der Waals surface area contributed by atoms with Crippen LogP contribution in [0, 0.1) is 0 Å². The first kappa shape index (κ1) is 12.9. The Morgan fingerprint density at radius 3 is 3.05 bits per heavy atom. The minimum atomic E-state index is 0.506. The van der Waals surface area contributed by atoms with Gasteiger partial charge in [-0.3, -0.25) is 4.40 Å². The van der Waals surface area contributed by atoms with Crippen LogP contribution in [0.2, 0.25) is 0 Å². The topological polar surface area (TPSA) is 46.6 Å². The summed E-state index contributed by atoms with van der Waals surface area (Å²) in [6.07, 6.45) is 5.62. The number of imidazole rings is 1. The summed E-state index contributed by atoms with van der Waals surface area (Å²) in [5.74, 6) is 1.03. The summed E-state index contributed by atoms with van der Waals surface area (Å²) >= 11 is 1.66. The lowest BCUT2D eigenvalue weighted by Gasteiger charge is -2.23. The van der Waals surface area contributed by atoms with Gasteiger partial charge < -0.3 is 10.6 Å². The maximum atomic E-state index is 6.00. The van der Waals surface area contributed by atoms with Crippen molar-refractivity contribution in [3.63, 3.8) is 0 Å². The Bertz CT molecular complexity index is 774. The Balaban J connectivity index is 1.89. The van der Waals surface area contributed by atoms with Gasteiger partial charge in [-0.05, 0) is 30.9 Å². The molecule has 2 aromatic heterocycles. The van der Waals surface area contributed by atoms with Crippen molar-refractivity contribution in [1.29, 1.82) is 0 Å². The third kappa shape index (κ3) is 2.04. The quantitative estimate of drug-likeness (QED) is 0.789. The number of para-hydroxylation sites is 1. The molecule has 0 atom stereocenters. The second-order valence-corrected chi connectivity index (χ2v) is 6.25. The van der Waals surface area contributed by atoms with Crippen molar-refractivity contribution in [3.05, 3.63) is 47.1 Å². The molecule has 1 aliphatic heterocycles. The first-order valence-corrected chi connectivity index (χ1v) is 8.26. The van der Waals surface area contributed by atoms with Gasteiger partial charge in [0.25, 0.3) is 0 Å². The Kier molecular flexibility index (Phi) is 3.16. The average Bonchev–Trinajstić information content (AvgIpc) is 3.02. The zero-order chi connectivity index (χ0) is 14.2. The van der Waals surface area contributed by atoms with Crippen LogP contribution in [0.25, 0.3) is 4.96 Å². The molecule has 108 valence electrons. The minimum absolute atomic E-state index is 0.506. The van der Waals surface area contributed by atoms with Crippen LogP contribution in [0.1, 0.15) is 24.1 Å². The number of nitrogens with two attached hydrogens (primary N) is 1. The zero-order valence-electron chi connectivity index (χ0n) is 11.8. The molecule has 3 heterocycles. The largest absolute Gasteiger partial charge is 0.325 e. The van der Waals surface area contributed by atoms with E-state index in [4.69, 9.17) is 10.7 Å². The van der Waals surface area contributed by atoms with Crippen LogP contribution < -0.4 is 10.6 Å². The summed E-state index contributed by atoms with van der Waals surface area (Å²) in [6.45, 7) is 1.51. The number of nitrogens with zero attached hydrogens (tertiary/aromatic N) is 3. The lowest BCUT2D eigenvalue weighted by Crippen LogP contribution is -2.20. The molecule has 0 fully saturated rings. The molecule has 1 aromatic carbocycles. The molecule has 0 unspecified atom stereocenters. The van der Waals surface area contributed by atoms with Gasteiger partial charge in [-0.2, -0.15) is 0 Å². The van der Waals surface area contributed by atoms with Crippen LogP contribution in [0.3, 0.4) is 0 Å². The van der Waals surface area contributed by atoms with E-state index in [1.54, 1.807) is 11.3 Å². The summed E-state index contributed by atoms with van der Waals surface area (Å²) in [5.41, 5.74) is 9.80. The molecular formula is C16H18N4S. The molecule has 0 radical (unpaired) electrons. The molecule has 21 heavy (non-hydrogen) atoms. The highest BCUT2D eigenvalue weighted by molar-refractivity contribution is 7.15. The van der Waals surface area contributed by atoms with Crippen LogP contribution in [-0.4, -0.2) is 15.9 Å². The molecule has 0 aliphatic carbocycles. The number of rotatable bonds is 2.